The third-order valence-electron chi connectivity index (χ3n) is 2.18. The standard InChI is InChI=1S/C11H9FN2S/c1-6-5-8(11(13)15)7-3-2-4-9(12)10(7)14-6/h2-5H,1H3,(H2,13,15). The first-order chi connectivity index (χ1) is 7.09. The molecule has 0 aliphatic heterocycles. The number of rotatable bonds is 1. The van der Waals surface area contributed by atoms with Crippen molar-refractivity contribution in [1.29, 1.82) is 0 Å². The number of hydrogen-bond acceptors (Lipinski definition) is 2. The fourth-order valence-corrected chi connectivity index (χ4v) is 1.71. The van der Waals surface area contributed by atoms with E-state index in [2.05, 4.69) is 4.98 Å². The third-order valence-corrected chi connectivity index (χ3v) is 2.40. The lowest BCUT2D eigenvalue weighted by Crippen LogP contribution is -2.11. The maximum absolute atomic E-state index is 13.5. The highest BCUT2D eigenvalue weighted by molar-refractivity contribution is 7.80. The maximum Gasteiger partial charge on any atom is 0.149 e. The van der Waals surface area contributed by atoms with Gasteiger partial charge in [0.05, 0.1) is 0 Å². The van der Waals surface area contributed by atoms with Gasteiger partial charge in [-0.25, -0.2) is 9.37 Å². The number of hydrogen-bond donors (Lipinski definition) is 1. The van der Waals surface area contributed by atoms with E-state index in [1.807, 2.05) is 0 Å². The van der Waals surface area contributed by atoms with Crippen molar-refractivity contribution >= 4 is 28.1 Å². The van der Waals surface area contributed by atoms with Crippen LogP contribution < -0.4 is 5.73 Å². The van der Waals surface area contributed by atoms with Gasteiger partial charge in [-0.15, -0.1) is 0 Å². The lowest BCUT2D eigenvalue weighted by Gasteiger charge is -2.06. The molecule has 2 nitrogen and oxygen atoms in total. The Morgan fingerprint density at radius 2 is 2.20 bits per heavy atom. The number of thiocarbonyl (C=S) groups is 1. The molecule has 15 heavy (non-hydrogen) atoms. The molecule has 1 aromatic heterocycles. The smallest absolute Gasteiger partial charge is 0.149 e. The molecule has 0 aliphatic rings. The Kier molecular flexibility index (Phi) is 2.36. The van der Waals surface area contributed by atoms with E-state index in [0.717, 1.165) is 0 Å². The molecule has 76 valence electrons. The van der Waals surface area contributed by atoms with Gasteiger partial charge in [-0.2, -0.15) is 0 Å². The fraction of sp³-hybridized carbons (Fsp3) is 0.0909. The molecular weight excluding hydrogens is 211 g/mol. The zero-order valence-electron chi connectivity index (χ0n) is 8.12. The van der Waals surface area contributed by atoms with Crippen LogP contribution in [0.25, 0.3) is 10.9 Å². The molecule has 1 heterocycles. The molecule has 2 rings (SSSR count). The summed E-state index contributed by atoms with van der Waals surface area (Å²) < 4.78 is 13.5. The van der Waals surface area contributed by atoms with Gasteiger partial charge in [-0.1, -0.05) is 24.4 Å². The second kappa shape index (κ2) is 3.55. The number of para-hydroxylation sites is 1. The summed E-state index contributed by atoms with van der Waals surface area (Å²) >= 11 is 4.92. The van der Waals surface area contributed by atoms with E-state index in [0.29, 0.717) is 22.2 Å². The van der Waals surface area contributed by atoms with E-state index in [-0.39, 0.29) is 10.8 Å². The number of halogens is 1. The lowest BCUT2D eigenvalue weighted by atomic mass is 10.1. The van der Waals surface area contributed by atoms with Crippen molar-refractivity contribution in [2.75, 3.05) is 0 Å². The Balaban J connectivity index is 2.92. The Morgan fingerprint density at radius 1 is 1.47 bits per heavy atom. The van der Waals surface area contributed by atoms with E-state index in [1.54, 1.807) is 25.1 Å². The summed E-state index contributed by atoms with van der Waals surface area (Å²) in [5, 5.41) is 0.660. The molecular formula is C11H9FN2S. The number of benzene rings is 1. The quantitative estimate of drug-likeness (QED) is 0.749. The van der Waals surface area contributed by atoms with Crippen molar-refractivity contribution < 1.29 is 4.39 Å². The predicted molar refractivity (Wildman–Crippen MR) is 62.3 cm³/mol. The topological polar surface area (TPSA) is 38.9 Å². The Bertz CT molecular complexity index is 552. The molecule has 0 spiro atoms. The zero-order valence-corrected chi connectivity index (χ0v) is 8.94. The second-order valence-corrected chi connectivity index (χ2v) is 3.75. The number of aromatic nitrogens is 1. The Hall–Kier alpha value is -1.55. The van der Waals surface area contributed by atoms with Gasteiger partial charge in [0.1, 0.15) is 16.3 Å². The number of pyridine rings is 1. The van der Waals surface area contributed by atoms with Gasteiger partial charge >= 0.3 is 0 Å². The first kappa shape index (κ1) is 9.98. The molecule has 4 heteroatoms. The van der Waals surface area contributed by atoms with Crippen LogP contribution in [0.2, 0.25) is 0 Å². The van der Waals surface area contributed by atoms with Gasteiger partial charge in [0.15, 0.2) is 0 Å². The van der Waals surface area contributed by atoms with Crippen LogP contribution in [0.3, 0.4) is 0 Å². The SMILES string of the molecule is Cc1cc(C(N)=S)c2cccc(F)c2n1. The van der Waals surface area contributed by atoms with Crippen LogP contribution in [-0.4, -0.2) is 9.97 Å². The molecule has 0 radical (unpaired) electrons. The van der Waals surface area contributed by atoms with E-state index in [1.165, 1.54) is 6.07 Å². The minimum Gasteiger partial charge on any atom is -0.389 e. The van der Waals surface area contributed by atoms with Crippen LogP contribution in [0.5, 0.6) is 0 Å². The van der Waals surface area contributed by atoms with Crippen LogP contribution in [-0.2, 0) is 0 Å². The van der Waals surface area contributed by atoms with Crippen molar-refractivity contribution in [2.24, 2.45) is 5.73 Å². The average Bonchev–Trinajstić information content (AvgIpc) is 2.18. The van der Waals surface area contributed by atoms with Gasteiger partial charge in [-0.3, -0.25) is 0 Å². The van der Waals surface area contributed by atoms with Crippen LogP contribution >= 0.6 is 12.2 Å². The van der Waals surface area contributed by atoms with Crippen molar-refractivity contribution in [1.82, 2.24) is 4.98 Å². The molecule has 2 N–H and O–H groups in total. The predicted octanol–water partition coefficient (Wildman–Crippen LogP) is 2.32. The van der Waals surface area contributed by atoms with E-state index >= 15 is 0 Å². The van der Waals surface area contributed by atoms with Crippen LogP contribution in [0, 0.1) is 12.7 Å². The van der Waals surface area contributed by atoms with E-state index < -0.39 is 0 Å². The molecule has 0 unspecified atom stereocenters. The minimum atomic E-state index is -0.353. The highest BCUT2D eigenvalue weighted by Crippen LogP contribution is 2.20. The van der Waals surface area contributed by atoms with Gasteiger partial charge in [0.2, 0.25) is 0 Å². The van der Waals surface area contributed by atoms with E-state index in [4.69, 9.17) is 18.0 Å². The molecule has 0 aliphatic carbocycles. The van der Waals surface area contributed by atoms with Crippen molar-refractivity contribution in [3.05, 3.63) is 41.3 Å². The van der Waals surface area contributed by atoms with Crippen LogP contribution in [0.15, 0.2) is 24.3 Å². The number of nitrogens with two attached hydrogens (primary N) is 1. The summed E-state index contributed by atoms with van der Waals surface area (Å²) in [4.78, 5) is 4.39. The van der Waals surface area contributed by atoms with Gasteiger partial charge in [0.25, 0.3) is 0 Å². The summed E-state index contributed by atoms with van der Waals surface area (Å²) in [6.45, 7) is 1.79. The molecule has 0 amide bonds. The average molecular weight is 220 g/mol. The highest BCUT2D eigenvalue weighted by Gasteiger charge is 2.08. The zero-order chi connectivity index (χ0) is 11.0. The number of aryl methyl sites for hydroxylation is 1. The summed E-state index contributed by atoms with van der Waals surface area (Å²) in [6, 6.07) is 6.53. The monoisotopic (exact) mass is 220 g/mol. The first-order valence-corrected chi connectivity index (χ1v) is 4.86. The minimum absolute atomic E-state index is 0.260. The lowest BCUT2D eigenvalue weighted by molar-refractivity contribution is 0.636. The molecule has 0 atom stereocenters. The molecule has 1 aromatic carbocycles. The van der Waals surface area contributed by atoms with Crippen molar-refractivity contribution in [2.45, 2.75) is 6.92 Å². The number of fused-ring (bicyclic) bond motifs is 1. The van der Waals surface area contributed by atoms with Gasteiger partial charge < -0.3 is 5.73 Å². The third kappa shape index (κ3) is 1.68. The summed E-state index contributed by atoms with van der Waals surface area (Å²) in [7, 11) is 0. The summed E-state index contributed by atoms with van der Waals surface area (Å²) in [6.07, 6.45) is 0. The molecule has 0 saturated heterocycles. The second-order valence-electron chi connectivity index (χ2n) is 3.31. The molecule has 2 aromatic rings. The molecule has 0 fully saturated rings. The highest BCUT2D eigenvalue weighted by atomic mass is 32.1. The van der Waals surface area contributed by atoms with Crippen molar-refractivity contribution in [3.8, 4) is 0 Å². The number of nitrogens with zero attached hydrogens (tertiary/aromatic N) is 1. The molecule has 0 bridgehead atoms. The molecule has 0 saturated carbocycles. The van der Waals surface area contributed by atoms with Crippen LogP contribution in [0.4, 0.5) is 4.39 Å². The van der Waals surface area contributed by atoms with Crippen molar-refractivity contribution in [3.63, 3.8) is 0 Å². The van der Waals surface area contributed by atoms with E-state index in [9.17, 15) is 4.39 Å². The van der Waals surface area contributed by atoms with Gasteiger partial charge in [0, 0.05) is 16.6 Å². The Labute approximate surface area is 91.9 Å². The largest absolute Gasteiger partial charge is 0.389 e. The summed E-state index contributed by atoms with van der Waals surface area (Å²) in [5.74, 6) is -0.353. The first-order valence-electron chi connectivity index (χ1n) is 4.45. The summed E-state index contributed by atoms with van der Waals surface area (Å²) in [5.41, 5.74) is 7.28. The van der Waals surface area contributed by atoms with Crippen LogP contribution in [0.1, 0.15) is 11.3 Å². The Morgan fingerprint density at radius 3 is 2.87 bits per heavy atom. The van der Waals surface area contributed by atoms with Gasteiger partial charge in [-0.05, 0) is 19.1 Å². The maximum atomic E-state index is 13.5. The normalized spacial score (nSPS) is 10.5. The fourth-order valence-electron chi connectivity index (χ4n) is 1.55.